The largest absolute Gasteiger partial charge is 0.438 e. The summed E-state index contributed by atoms with van der Waals surface area (Å²) in [5, 5.41) is 4.38. The number of hydrogen-bond donors (Lipinski definition) is 1. The molecular weight excluding hydrogens is 294 g/mol. The van der Waals surface area contributed by atoms with Crippen molar-refractivity contribution in [1.29, 1.82) is 0 Å². The van der Waals surface area contributed by atoms with E-state index in [0.717, 1.165) is 33.8 Å². The van der Waals surface area contributed by atoms with Gasteiger partial charge >= 0.3 is 0 Å². The normalized spacial score (nSPS) is 10.7. The summed E-state index contributed by atoms with van der Waals surface area (Å²) in [5.41, 5.74) is 7.66. The van der Waals surface area contributed by atoms with E-state index in [2.05, 4.69) is 21.0 Å². The van der Waals surface area contributed by atoms with E-state index in [0.29, 0.717) is 6.54 Å². The predicted molar refractivity (Wildman–Crippen MR) is 74.9 cm³/mol. The summed E-state index contributed by atoms with van der Waals surface area (Å²) < 4.78 is 8.61. The molecule has 1 aromatic heterocycles. The Labute approximate surface area is 115 Å². The Bertz CT molecular complexity index is 551. The summed E-state index contributed by atoms with van der Waals surface area (Å²) >= 11 is 3.47. The molecule has 0 spiro atoms. The number of hydrogen-bond acceptors (Lipinski definition) is 3. The maximum Gasteiger partial charge on any atom is 0.221 e. The van der Waals surface area contributed by atoms with Crippen molar-refractivity contribution in [3.05, 3.63) is 40.0 Å². The number of halogens is 1. The topological polar surface area (TPSA) is 53.1 Å². The van der Waals surface area contributed by atoms with E-state index >= 15 is 0 Å². The van der Waals surface area contributed by atoms with Crippen LogP contribution in [0.4, 0.5) is 0 Å². The van der Waals surface area contributed by atoms with Crippen LogP contribution in [0.1, 0.15) is 11.3 Å². The van der Waals surface area contributed by atoms with Gasteiger partial charge in [0.1, 0.15) is 5.75 Å². The van der Waals surface area contributed by atoms with Crippen molar-refractivity contribution in [3.63, 3.8) is 0 Å². The van der Waals surface area contributed by atoms with Gasteiger partial charge in [-0.05, 0) is 48.0 Å². The van der Waals surface area contributed by atoms with E-state index in [1.807, 2.05) is 38.2 Å². The molecule has 1 heterocycles. The summed E-state index contributed by atoms with van der Waals surface area (Å²) in [6, 6.07) is 7.75. The number of nitrogens with two attached hydrogens (primary N) is 1. The van der Waals surface area contributed by atoms with Gasteiger partial charge < -0.3 is 10.5 Å². The van der Waals surface area contributed by atoms with Gasteiger partial charge in [-0.2, -0.15) is 5.10 Å². The first-order chi connectivity index (χ1) is 8.63. The lowest BCUT2D eigenvalue weighted by molar-refractivity contribution is 0.423. The van der Waals surface area contributed by atoms with Gasteiger partial charge in [0.15, 0.2) is 0 Å². The van der Waals surface area contributed by atoms with Crippen molar-refractivity contribution in [3.8, 4) is 11.6 Å². The fraction of sp³-hybridized carbons (Fsp3) is 0.308. The Morgan fingerprint density at radius 3 is 2.78 bits per heavy atom. The van der Waals surface area contributed by atoms with Crippen LogP contribution in [0, 0.1) is 6.92 Å². The number of rotatable bonds is 4. The quantitative estimate of drug-likeness (QED) is 0.945. The third-order valence-electron chi connectivity index (χ3n) is 2.73. The van der Waals surface area contributed by atoms with Gasteiger partial charge in [0.2, 0.25) is 5.88 Å². The molecule has 0 aliphatic rings. The highest BCUT2D eigenvalue weighted by atomic mass is 79.9. The Hall–Kier alpha value is -1.33. The highest BCUT2D eigenvalue weighted by Gasteiger charge is 2.15. The first kappa shape index (κ1) is 13.1. The highest BCUT2D eigenvalue weighted by Crippen LogP contribution is 2.32. The van der Waals surface area contributed by atoms with Crippen molar-refractivity contribution in [2.75, 3.05) is 6.54 Å². The maximum atomic E-state index is 5.94. The summed E-state index contributed by atoms with van der Waals surface area (Å²) in [5.74, 6) is 1.53. The van der Waals surface area contributed by atoms with E-state index in [1.165, 1.54) is 0 Å². The van der Waals surface area contributed by atoms with Crippen LogP contribution in [0.15, 0.2) is 28.7 Å². The van der Waals surface area contributed by atoms with Gasteiger partial charge in [0.05, 0.1) is 10.2 Å². The van der Waals surface area contributed by atoms with Crippen molar-refractivity contribution in [2.24, 2.45) is 12.8 Å². The summed E-state index contributed by atoms with van der Waals surface area (Å²) in [6.45, 7) is 2.55. The number of aromatic nitrogens is 2. The molecule has 0 atom stereocenters. The first-order valence-corrected chi connectivity index (χ1v) is 6.57. The van der Waals surface area contributed by atoms with E-state index in [9.17, 15) is 0 Å². The Morgan fingerprint density at radius 2 is 2.11 bits per heavy atom. The van der Waals surface area contributed by atoms with Crippen LogP contribution in [0.2, 0.25) is 0 Å². The third-order valence-corrected chi connectivity index (χ3v) is 3.38. The molecule has 4 nitrogen and oxygen atoms in total. The number of aryl methyl sites for hydroxylation is 2. The zero-order chi connectivity index (χ0) is 13.1. The maximum absolute atomic E-state index is 5.94. The molecule has 18 heavy (non-hydrogen) atoms. The first-order valence-electron chi connectivity index (χ1n) is 5.78. The zero-order valence-corrected chi connectivity index (χ0v) is 12.1. The molecule has 2 N–H and O–H groups in total. The SMILES string of the molecule is Cc1nn(C)c(Oc2ccccc2Br)c1CCN. The summed E-state index contributed by atoms with van der Waals surface area (Å²) in [7, 11) is 1.87. The Balaban J connectivity index is 2.37. The lowest BCUT2D eigenvalue weighted by Gasteiger charge is -2.09. The van der Waals surface area contributed by atoms with Crippen molar-refractivity contribution in [2.45, 2.75) is 13.3 Å². The second-order valence-electron chi connectivity index (χ2n) is 4.06. The molecule has 0 unspecified atom stereocenters. The summed E-state index contributed by atoms with van der Waals surface area (Å²) in [6.07, 6.45) is 0.763. The molecule has 1 aromatic carbocycles. The van der Waals surface area contributed by atoms with E-state index in [1.54, 1.807) is 4.68 Å². The van der Waals surface area contributed by atoms with Gasteiger partial charge in [-0.25, -0.2) is 4.68 Å². The van der Waals surface area contributed by atoms with Gasteiger partial charge in [0.25, 0.3) is 0 Å². The molecule has 5 heteroatoms. The van der Waals surface area contributed by atoms with Crippen LogP contribution in [-0.4, -0.2) is 16.3 Å². The van der Waals surface area contributed by atoms with E-state index in [-0.39, 0.29) is 0 Å². The van der Waals surface area contributed by atoms with Gasteiger partial charge in [-0.3, -0.25) is 0 Å². The molecular formula is C13H16BrN3O. The number of ether oxygens (including phenoxy) is 1. The molecule has 96 valence electrons. The average Bonchev–Trinajstić information content (AvgIpc) is 2.59. The molecule has 2 rings (SSSR count). The van der Waals surface area contributed by atoms with Crippen LogP contribution in [0.25, 0.3) is 0 Å². The molecule has 0 aliphatic carbocycles. The van der Waals surface area contributed by atoms with Crippen LogP contribution in [-0.2, 0) is 13.5 Å². The minimum Gasteiger partial charge on any atom is -0.438 e. The molecule has 0 fully saturated rings. The molecule has 0 amide bonds. The second kappa shape index (κ2) is 5.54. The van der Waals surface area contributed by atoms with Crippen molar-refractivity contribution < 1.29 is 4.74 Å². The molecule has 2 aromatic rings. The Morgan fingerprint density at radius 1 is 1.39 bits per heavy atom. The minimum absolute atomic E-state index is 0.582. The predicted octanol–water partition coefficient (Wildman–Crippen LogP) is 2.78. The van der Waals surface area contributed by atoms with Crippen LogP contribution in [0.3, 0.4) is 0 Å². The number of benzene rings is 1. The zero-order valence-electron chi connectivity index (χ0n) is 10.5. The number of para-hydroxylation sites is 1. The molecule has 0 radical (unpaired) electrons. The van der Waals surface area contributed by atoms with Gasteiger partial charge in [0, 0.05) is 12.6 Å². The van der Waals surface area contributed by atoms with Gasteiger partial charge in [-0.15, -0.1) is 0 Å². The Kier molecular flexibility index (Phi) is 4.04. The van der Waals surface area contributed by atoms with Crippen LogP contribution >= 0.6 is 15.9 Å². The lowest BCUT2D eigenvalue weighted by Crippen LogP contribution is -2.05. The van der Waals surface area contributed by atoms with Gasteiger partial charge in [-0.1, -0.05) is 12.1 Å². The smallest absolute Gasteiger partial charge is 0.221 e. The monoisotopic (exact) mass is 309 g/mol. The minimum atomic E-state index is 0.582. The van der Waals surface area contributed by atoms with Crippen molar-refractivity contribution >= 4 is 15.9 Å². The molecule has 0 bridgehead atoms. The fourth-order valence-corrected chi connectivity index (χ4v) is 2.24. The average molecular weight is 310 g/mol. The lowest BCUT2D eigenvalue weighted by atomic mass is 10.2. The third kappa shape index (κ3) is 2.57. The summed E-state index contributed by atoms with van der Waals surface area (Å²) in [4.78, 5) is 0. The van der Waals surface area contributed by atoms with Crippen molar-refractivity contribution in [1.82, 2.24) is 9.78 Å². The van der Waals surface area contributed by atoms with E-state index < -0.39 is 0 Å². The standard InChI is InChI=1S/C13H16BrN3O/c1-9-10(7-8-15)13(17(2)16-9)18-12-6-4-3-5-11(12)14/h3-6H,7-8,15H2,1-2H3. The van der Waals surface area contributed by atoms with Crippen LogP contribution in [0.5, 0.6) is 11.6 Å². The molecule has 0 aliphatic heterocycles. The fourth-order valence-electron chi connectivity index (χ4n) is 1.87. The van der Waals surface area contributed by atoms with Crippen LogP contribution < -0.4 is 10.5 Å². The second-order valence-corrected chi connectivity index (χ2v) is 4.92. The molecule has 0 saturated carbocycles. The van der Waals surface area contributed by atoms with E-state index in [4.69, 9.17) is 10.5 Å². The molecule has 0 saturated heterocycles. The highest BCUT2D eigenvalue weighted by molar-refractivity contribution is 9.10. The number of nitrogens with zero attached hydrogens (tertiary/aromatic N) is 2.